The van der Waals surface area contributed by atoms with Crippen LogP contribution in [0.3, 0.4) is 0 Å². The molecule has 1 rings (SSSR count). The molecule has 0 aromatic rings. The van der Waals surface area contributed by atoms with E-state index in [0.29, 0.717) is 13.0 Å². The smallest absolute Gasteiger partial charge is 0.407 e. The van der Waals surface area contributed by atoms with Crippen molar-refractivity contribution >= 4 is 6.09 Å². The Morgan fingerprint density at radius 2 is 2.27 bits per heavy atom. The van der Waals surface area contributed by atoms with Gasteiger partial charge in [0, 0.05) is 6.54 Å². The maximum atomic E-state index is 11.3. The van der Waals surface area contributed by atoms with Crippen LogP contribution in [-0.2, 0) is 4.74 Å². The van der Waals surface area contributed by atoms with Crippen LogP contribution < -0.4 is 10.6 Å². The summed E-state index contributed by atoms with van der Waals surface area (Å²) in [6, 6.07) is 0. The summed E-state index contributed by atoms with van der Waals surface area (Å²) in [5, 5.41) is 15.5. The van der Waals surface area contributed by atoms with E-state index in [9.17, 15) is 9.90 Å². The molecule has 5 heteroatoms. The maximum absolute atomic E-state index is 11.3. The van der Waals surface area contributed by atoms with E-state index in [1.54, 1.807) is 20.8 Å². The zero-order valence-corrected chi connectivity index (χ0v) is 9.59. The minimum atomic E-state index is -0.823. The lowest BCUT2D eigenvalue weighted by atomic mass is 10.0. The van der Waals surface area contributed by atoms with Gasteiger partial charge in [0.05, 0.1) is 12.1 Å². The highest BCUT2D eigenvalue weighted by Crippen LogP contribution is 2.13. The van der Waals surface area contributed by atoms with Crippen molar-refractivity contribution in [3.63, 3.8) is 0 Å². The van der Waals surface area contributed by atoms with Gasteiger partial charge >= 0.3 is 6.09 Å². The molecule has 1 fully saturated rings. The van der Waals surface area contributed by atoms with Gasteiger partial charge in [0.15, 0.2) is 0 Å². The Balaban J connectivity index is 2.28. The van der Waals surface area contributed by atoms with E-state index in [1.807, 2.05) is 0 Å². The first-order valence-corrected chi connectivity index (χ1v) is 5.21. The Hall–Kier alpha value is -0.810. The van der Waals surface area contributed by atoms with Gasteiger partial charge in [0.25, 0.3) is 0 Å². The topological polar surface area (TPSA) is 70.6 Å². The third kappa shape index (κ3) is 4.48. The molecule has 1 aliphatic heterocycles. The predicted octanol–water partition coefficient (Wildman–Crippen LogP) is 0.236. The van der Waals surface area contributed by atoms with Crippen LogP contribution in [0.5, 0.6) is 0 Å². The molecule has 1 atom stereocenters. The van der Waals surface area contributed by atoms with E-state index in [-0.39, 0.29) is 6.54 Å². The van der Waals surface area contributed by atoms with Gasteiger partial charge in [-0.15, -0.1) is 0 Å². The minimum absolute atomic E-state index is 0.231. The Labute approximate surface area is 90.2 Å². The molecule has 5 nitrogen and oxygen atoms in total. The van der Waals surface area contributed by atoms with Crippen LogP contribution >= 0.6 is 0 Å². The number of carbonyl (C=O) groups excluding carboxylic acids is 1. The van der Waals surface area contributed by atoms with Gasteiger partial charge in [0.2, 0.25) is 0 Å². The average Bonchev–Trinajstić information content (AvgIpc) is 2.47. The van der Waals surface area contributed by atoms with Crippen molar-refractivity contribution in [2.45, 2.75) is 38.4 Å². The second-order valence-electron chi connectivity index (χ2n) is 5.01. The second kappa shape index (κ2) is 4.37. The summed E-state index contributed by atoms with van der Waals surface area (Å²) < 4.78 is 5.06. The van der Waals surface area contributed by atoms with Gasteiger partial charge in [-0.05, 0) is 33.7 Å². The summed E-state index contributed by atoms with van der Waals surface area (Å²) in [6.07, 6.45) is 0.172. The molecule has 0 spiro atoms. The first kappa shape index (κ1) is 12.3. The quantitative estimate of drug-likeness (QED) is 0.618. The van der Waals surface area contributed by atoms with Crippen LogP contribution in [0.2, 0.25) is 0 Å². The first-order chi connectivity index (χ1) is 6.81. The SMILES string of the molecule is CC(C)(C)OC(=O)NC[C@]1(O)CCNC1. The second-order valence-corrected chi connectivity index (χ2v) is 5.01. The van der Waals surface area contributed by atoms with E-state index in [1.165, 1.54) is 0 Å². The van der Waals surface area contributed by atoms with Crippen LogP contribution in [0.4, 0.5) is 4.79 Å². The van der Waals surface area contributed by atoms with Crippen LogP contribution in [-0.4, -0.2) is 42.0 Å². The lowest BCUT2D eigenvalue weighted by molar-refractivity contribution is 0.0338. The van der Waals surface area contributed by atoms with Gasteiger partial charge in [-0.25, -0.2) is 4.79 Å². The molecule has 0 saturated carbocycles. The fourth-order valence-electron chi connectivity index (χ4n) is 1.43. The summed E-state index contributed by atoms with van der Waals surface area (Å²) in [5.41, 5.74) is -1.32. The number of hydrogen-bond donors (Lipinski definition) is 3. The fourth-order valence-corrected chi connectivity index (χ4v) is 1.43. The Bertz CT molecular complexity index is 229. The molecular formula is C10H20N2O3. The molecule has 0 radical (unpaired) electrons. The number of hydrogen-bond acceptors (Lipinski definition) is 4. The summed E-state index contributed by atoms with van der Waals surface area (Å²) in [4.78, 5) is 11.3. The monoisotopic (exact) mass is 216 g/mol. The lowest BCUT2D eigenvalue weighted by Crippen LogP contribution is -2.45. The third-order valence-corrected chi connectivity index (χ3v) is 2.18. The molecule has 1 saturated heterocycles. The molecule has 88 valence electrons. The van der Waals surface area contributed by atoms with Gasteiger partial charge in [-0.2, -0.15) is 0 Å². The molecule has 0 bridgehead atoms. The Morgan fingerprint density at radius 3 is 2.73 bits per heavy atom. The van der Waals surface area contributed by atoms with Gasteiger partial charge in [-0.1, -0.05) is 0 Å². The molecule has 1 aliphatic rings. The van der Waals surface area contributed by atoms with Crippen LogP contribution in [0.25, 0.3) is 0 Å². The molecular weight excluding hydrogens is 196 g/mol. The number of alkyl carbamates (subject to hydrolysis) is 1. The van der Waals surface area contributed by atoms with Crippen LogP contribution in [0.1, 0.15) is 27.2 Å². The summed E-state index contributed by atoms with van der Waals surface area (Å²) in [6.45, 7) is 6.94. The standard InChI is InChI=1S/C10H20N2O3/c1-9(2,3)15-8(13)12-7-10(14)4-5-11-6-10/h11,14H,4-7H2,1-3H3,(H,12,13)/t10-/m0/s1. The molecule has 0 unspecified atom stereocenters. The largest absolute Gasteiger partial charge is 0.444 e. The molecule has 0 aliphatic carbocycles. The summed E-state index contributed by atoms with van der Waals surface area (Å²) >= 11 is 0. The average molecular weight is 216 g/mol. The maximum Gasteiger partial charge on any atom is 0.407 e. The number of β-amino-alcohol motifs (C(OH)–C–C–N with tert-alkyl or cyclic N) is 1. The molecule has 3 N–H and O–H groups in total. The van der Waals surface area contributed by atoms with Crippen LogP contribution in [0.15, 0.2) is 0 Å². The van der Waals surface area contributed by atoms with Crippen molar-refractivity contribution in [1.29, 1.82) is 0 Å². The van der Waals surface area contributed by atoms with E-state index in [0.717, 1.165) is 6.54 Å². The van der Waals surface area contributed by atoms with E-state index >= 15 is 0 Å². The summed E-state index contributed by atoms with van der Waals surface area (Å²) in [7, 11) is 0. The van der Waals surface area contributed by atoms with E-state index < -0.39 is 17.3 Å². The number of carbonyl (C=O) groups is 1. The van der Waals surface area contributed by atoms with Crippen molar-refractivity contribution in [2.75, 3.05) is 19.6 Å². The van der Waals surface area contributed by atoms with E-state index in [2.05, 4.69) is 10.6 Å². The molecule has 15 heavy (non-hydrogen) atoms. The summed E-state index contributed by atoms with van der Waals surface area (Å²) in [5.74, 6) is 0. The van der Waals surface area contributed by atoms with Gasteiger partial charge < -0.3 is 20.5 Å². The first-order valence-electron chi connectivity index (χ1n) is 5.21. The van der Waals surface area contributed by atoms with Crippen LogP contribution in [0, 0.1) is 0 Å². The van der Waals surface area contributed by atoms with E-state index in [4.69, 9.17) is 4.74 Å². The number of aliphatic hydroxyl groups is 1. The fraction of sp³-hybridized carbons (Fsp3) is 0.900. The molecule has 0 aromatic carbocycles. The van der Waals surface area contributed by atoms with Crippen molar-refractivity contribution in [1.82, 2.24) is 10.6 Å². The molecule has 1 amide bonds. The highest BCUT2D eigenvalue weighted by molar-refractivity contribution is 5.67. The number of nitrogens with one attached hydrogen (secondary N) is 2. The van der Waals surface area contributed by atoms with Gasteiger partial charge in [-0.3, -0.25) is 0 Å². The number of rotatable bonds is 2. The highest BCUT2D eigenvalue weighted by atomic mass is 16.6. The zero-order chi connectivity index (χ0) is 11.5. The van der Waals surface area contributed by atoms with Gasteiger partial charge in [0.1, 0.15) is 5.60 Å². The van der Waals surface area contributed by atoms with Crippen molar-refractivity contribution in [3.05, 3.63) is 0 Å². The van der Waals surface area contributed by atoms with Crippen molar-refractivity contribution in [3.8, 4) is 0 Å². The Kier molecular flexibility index (Phi) is 3.57. The normalized spacial score (nSPS) is 26.4. The zero-order valence-electron chi connectivity index (χ0n) is 9.59. The Morgan fingerprint density at radius 1 is 1.60 bits per heavy atom. The predicted molar refractivity (Wildman–Crippen MR) is 56.7 cm³/mol. The number of amides is 1. The van der Waals surface area contributed by atoms with Crippen molar-refractivity contribution < 1.29 is 14.6 Å². The lowest BCUT2D eigenvalue weighted by Gasteiger charge is -2.24. The molecule has 0 aromatic heterocycles. The van der Waals surface area contributed by atoms with Crippen molar-refractivity contribution in [2.24, 2.45) is 0 Å². The minimum Gasteiger partial charge on any atom is -0.444 e. The number of ether oxygens (including phenoxy) is 1. The molecule has 1 heterocycles. The third-order valence-electron chi connectivity index (χ3n) is 2.18. The highest BCUT2D eigenvalue weighted by Gasteiger charge is 2.31.